The van der Waals surface area contributed by atoms with Crippen LogP contribution < -0.4 is 4.90 Å². The third-order valence-electron chi connectivity index (χ3n) is 10.1. The van der Waals surface area contributed by atoms with Crippen LogP contribution in [0.5, 0.6) is 0 Å². The van der Waals surface area contributed by atoms with Crippen molar-refractivity contribution in [3.8, 4) is 5.69 Å². The molecule has 0 radical (unpaired) electrons. The maximum Gasteiger partial charge on any atom is 0.0618 e. The number of rotatable bonds is 6. The minimum absolute atomic E-state index is 1.13. The Labute approximate surface area is 290 Å². The lowest BCUT2D eigenvalue weighted by Gasteiger charge is -2.29. The molecule has 2 heteroatoms. The quantitative estimate of drug-likeness (QED) is 0.100. The van der Waals surface area contributed by atoms with E-state index in [1.54, 1.807) is 0 Å². The van der Waals surface area contributed by atoms with Crippen molar-refractivity contribution < 1.29 is 0 Å². The number of anilines is 3. The van der Waals surface area contributed by atoms with Gasteiger partial charge < -0.3 is 9.47 Å². The van der Waals surface area contributed by atoms with E-state index in [0.717, 1.165) is 11.4 Å². The lowest BCUT2D eigenvalue weighted by atomic mass is 9.92. The van der Waals surface area contributed by atoms with Crippen molar-refractivity contribution >= 4 is 83.3 Å². The number of fused-ring (bicyclic) bond motifs is 2. The van der Waals surface area contributed by atoms with E-state index < -0.39 is 0 Å². The highest BCUT2D eigenvalue weighted by molar-refractivity contribution is 6.26. The Kier molecular flexibility index (Phi) is 6.53. The van der Waals surface area contributed by atoms with Gasteiger partial charge in [0, 0.05) is 38.6 Å². The van der Waals surface area contributed by atoms with E-state index in [9.17, 15) is 0 Å². The summed E-state index contributed by atoms with van der Waals surface area (Å²) in [5.74, 6) is 0. The van der Waals surface area contributed by atoms with Gasteiger partial charge in [0.15, 0.2) is 0 Å². The third-order valence-corrected chi connectivity index (χ3v) is 10.1. The predicted octanol–water partition coefficient (Wildman–Crippen LogP) is 13.3. The van der Waals surface area contributed by atoms with Gasteiger partial charge in [0.2, 0.25) is 0 Å². The van der Waals surface area contributed by atoms with Gasteiger partial charge in [-0.15, -0.1) is 0 Å². The van der Waals surface area contributed by atoms with Crippen LogP contribution in [-0.4, -0.2) is 4.57 Å². The zero-order chi connectivity index (χ0) is 33.0. The normalized spacial score (nSPS) is 11.9. The molecule has 0 saturated carbocycles. The van der Waals surface area contributed by atoms with Crippen LogP contribution in [0, 0.1) is 0 Å². The Hall–Kier alpha value is -6.64. The smallest absolute Gasteiger partial charge is 0.0618 e. The third kappa shape index (κ3) is 4.36. The molecule has 0 N–H and O–H groups in total. The summed E-state index contributed by atoms with van der Waals surface area (Å²) in [6.07, 6.45) is 4.65. The molecule has 0 amide bonds. The highest BCUT2D eigenvalue weighted by Gasteiger charge is 2.21. The molecule has 0 atom stereocenters. The zero-order valence-electron chi connectivity index (χ0n) is 27.4. The van der Waals surface area contributed by atoms with E-state index in [-0.39, 0.29) is 0 Å². The Morgan fingerprint density at radius 2 is 0.940 bits per heavy atom. The predicted molar refractivity (Wildman–Crippen MR) is 215 cm³/mol. The van der Waals surface area contributed by atoms with Crippen LogP contribution in [0.4, 0.5) is 17.1 Å². The number of hydrogen-bond donors (Lipinski definition) is 0. The molecular weight excluding hydrogens is 605 g/mol. The summed E-state index contributed by atoms with van der Waals surface area (Å²) in [6.45, 7) is 0. The maximum absolute atomic E-state index is 2.41. The molecule has 0 aliphatic heterocycles. The molecule has 0 fully saturated rings. The molecule has 0 saturated heterocycles. The SMILES string of the molecule is C(=C\c1ccc2c3c1ccc1cccc(c13)n2-c1ccccc1)/c1c2ccccc2c(N(c2ccccc2)c2ccccc2)c2ccccc12. The number of benzene rings is 9. The van der Waals surface area contributed by atoms with Gasteiger partial charge in [-0.05, 0) is 81.2 Å². The van der Waals surface area contributed by atoms with Crippen molar-refractivity contribution in [3.63, 3.8) is 0 Å². The number of aromatic nitrogens is 1. The minimum Gasteiger partial charge on any atom is -0.309 e. The fourth-order valence-corrected chi connectivity index (χ4v) is 8.01. The average molecular weight is 637 g/mol. The summed E-state index contributed by atoms with van der Waals surface area (Å²) in [5, 5.41) is 10.0. The van der Waals surface area contributed by atoms with E-state index in [1.807, 2.05) is 0 Å². The topological polar surface area (TPSA) is 8.17 Å². The number of hydrogen-bond acceptors (Lipinski definition) is 1. The zero-order valence-corrected chi connectivity index (χ0v) is 27.4. The van der Waals surface area contributed by atoms with Gasteiger partial charge in [-0.3, -0.25) is 0 Å². The van der Waals surface area contributed by atoms with Crippen LogP contribution >= 0.6 is 0 Å². The number of nitrogens with zero attached hydrogens (tertiary/aromatic N) is 2. The lowest BCUT2D eigenvalue weighted by Crippen LogP contribution is -2.11. The molecule has 0 spiro atoms. The monoisotopic (exact) mass is 636 g/mol. The second-order valence-electron chi connectivity index (χ2n) is 12.9. The average Bonchev–Trinajstić information content (AvgIpc) is 3.53. The lowest BCUT2D eigenvalue weighted by molar-refractivity contribution is 1.18. The standard InChI is InChI=1S/C48H32N2/c1-4-16-35(17-5-1)49(36-18-6-2-7-19-36)48-42-24-12-10-22-39(42)41(40-23-11-13-25-43(40)48)31-27-33-29-32-45-47-38(33)30-28-34-15-14-26-44(46(34)47)50(45)37-20-8-3-9-21-37/h1-32H/b31-27+. The fraction of sp³-hybridized carbons (Fsp3) is 0. The maximum atomic E-state index is 2.41. The van der Waals surface area contributed by atoms with Crippen molar-refractivity contribution in [2.75, 3.05) is 4.90 Å². The molecule has 2 nitrogen and oxygen atoms in total. The summed E-state index contributed by atoms with van der Waals surface area (Å²) >= 11 is 0. The van der Waals surface area contributed by atoms with E-state index >= 15 is 0 Å². The first-order valence-corrected chi connectivity index (χ1v) is 17.2. The van der Waals surface area contributed by atoms with Gasteiger partial charge >= 0.3 is 0 Å². The molecule has 0 aliphatic rings. The van der Waals surface area contributed by atoms with Gasteiger partial charge in [-0.2, -0.15) is 0 Å². The summed E-state index contributed by atoms with van der Waals surface area (Å²) in [4.78, 5) is 2.40. The van der Waals surface area contributed by atoms with Crippen LogP contribution in [0.25, 0.3) is 72.0 Å². The second kappa shape index (κ2) is 11.5. The van der Waals surface area contributed by atoms with E-state index in [0.29, 0.717) is 0 Å². The van der Waals surface area contributed by atoms with Gasteiger partial charge in [0.25, 0.3) is 0 Å². The summed E-state index contributed by atoms with van der Waals surface area (Å²) in [5.41, 5.74) is 9.53. The Morgan fingerprint density at radius 1 is 0.380 bits per heavy atom. The minimum atomic E-state index is 1.13. The molecule has 10 rings (SSSR count). The largest absolute Gasteiger partial charge is 0.309 e. The van der Waals surface area contributed by atoms with Gasteiger partial charge in [-0.1, -0.05) is 146 Å². The highest BCUT2D eigenvalue weighted by Crippen LogP contribution is 2.46. The van der Waals surface area contributed by atoms with Gasteiger partial charge in [0.05, 0.1) is 16.7 Å². The number of para-hydroxylation sites is 3. The van der Waals surface area contributed by atoms with Crippen LogP contribution in [0.15, 0.2) is 182 Å². The second-order valence-corrected chi connectivity index (χ2v) is 12.9. The van der Waals surface area contributed by atoms with Crippen molar-refractivity contribution in [1.82, 2.24) is 4.57 Å². The van der Waals surface area contributed by atoms with Crippen molar-refractivity contribution in [1.29, 1.82) is 0 Å². The molecule has 0 aliphatic carbocycles. The van der Waals surface area contributed by atoms with Gasteiger partial charge in [0.1, 0.15) is 0 Å². The molecular formula is C48H32N2. The first kappa shape index (κ1) is 28.4. The first-order valence-electron chi connectivity index (χ1n) is 17.2. The van der Waals surface area contributed by atoms with Crippen LogP contribution in [0.2, 0.25) is 0 Å². The fourth-order valence-electron chi connectivity index (χ4n) is 8.01. The highest BCUT2D eigenvalue weighted by atomic mass is 15.1. The first-order chi connectivity index (χ1) is 24.8. The Morgan fingerprint density at radius 3 is 1.58 bits per heavy atom. The van der Waals surface area contributed by atoms with Crippen molar-refractivity contribution in [3.05, 3.63) is 193 Å². The summed E-state index contributed by atoms with van der Waals surface area (Å²) in [6, 6.07) is 65.6. The van der Waals surface area contributed by atoms with Crippen LogP contribution in [0.3, 0.4) is 0 Å². The molecule has 1 aromatic heterocycles. The summed E-state index contributed by atoms with van der Waals surface area (Å²) in [7, 11) is 0. The molecule has 50 heavy (non-hydrogen) atoms. The molecule has 0 bridgehead atoms. The molecule has 10 aromatic rings. The van der Waals surface area contributed by atoms with E-state index in [1.165, 1.54) is 76.6 Å². The Balaban J connectivity index is 1.21. The Bertz CT molecular complexity index is 2750. The molecule has 234 valence electrons. The van der Waals surface area contributed by atoms with Crippen molar-refractivity contribution in [2.45, 2.75) is 0 Å². The van der Waals surface area contributed by atoms with Crippen molar-refractivity contribution in [2.24, 2.45) is 0 Å². The molecule has 9 aromatic carbocycles. The van der Waals surface area contributed by atoms with E-state index in [2.05, 4.69) is 204 Å². The van der Waals surface area contributed by atoms with E-state index in [4.69, 9.17) is 0 Å². The molecule has 1 heterocycles. The van der Waals surface area contributed by atoms with Crippen LogP contribution in [0.1, 0.15) is 11.1 Å². The van der Waals surface area contributed by atoms with Crippen LogP contribution in [-0.2, 0) is 0 Å². The molecule has 0 unspecified atom stereocenters. The summed E-state index contributed by atoms with van der Waals surface area (Å²) < 4.78 is 2.41. The van der Waals surface area contributed by atoms with Gasteiger partial charge in [-0.25, -0.2) is 0 Å².